The van der Waals surface area contributed by atoms with Crippen LogP contribution in [0.1, 0.15) is 24.2 Å². The van der Waals surface area contributed by atoms with Crippen molar-refractivity contribution in [3.63, 3.8) is 0 Å². The number of aromatic nitrogens is 1. The molecule has 0 N–H and O–H groups in total. The zero-order valence-corrected chi connectivity index (χ0v) is 11.7. The lowest BCUT2D eigenvalue weighted by Crippen LogP contribution is -2.23. The van der Waals surface area contributed by atoms with Crippen LogP contribution < -0.4 is 5.43 Å². The Bertz CT molecular complexity index is 829. The van der Waals surface area contributed by atoms with Crippen LogP contribution in [-0.2, 0) is 11.3 Å². The highest BCUT2D eigenvalue weighted by Crippen LogP contribution is 2.25. The van der Waals surface area contributed by atoms with Crippen LogP contribution in [0.25, 0.3) is 10.9 Å². The zero-order chi connectivity index (χ0) is 16.6. The fraction of sp³-hybridized carbons (Fsp3) is 0.286. The van der Waals surface area contributed by atoms with E-state index in [1.54, 1.807) is 0 Å². The van der Waals surface area contributed by atoms with Crippen molar-refractivity contribution in [2.24, 2.45) is 0 Å². The van der Waals surface area contributed by atoms with E-state index in [0.29, 0.717) is 0 Å². The first kappa shape index (κ1) is 16.0. The minimum atomic E-state index is -2.11. The Labute approximate surface area is 121 Å². The number of benzene rings is 1. The van der Waals surface area contributed by atoms with Crippen LogP contribution in [0, 0.1) is 23.3 Å². The summed E-state index contributed by atoms with van der Waals surface area (Å²) in [6.07, 6.45) is 0.933. The fourth-order valence-electron chi connectivity index (χ4n) is 2.11. The second kappa shape index (κ2) is 5.78. The Hall–Kier alpha value is -2.38. The SMILES string of the molecule is CCOC(=O)c1cn(CC)c2c(F)c(F)c(F)c(F)c2c1=O. The van der Waals surface area contributed by atoms with E-state index >= 15 is 0 Å². The van der Waals surface area contributed by atoms with E-state index in [2.05, 4.69) is 4.74 Å². The Morgan fingerprint density at radius 3 is 2.23 bits per heavy atom. The van der Waals surface area contributed by atoms with Gasteiger partial charge in [-0.3, -0.25) is 4.79 Å². The van der Waals surface area contributed by atoms with Crippen molar-refractivity contribution in [2.45, 2.75) is 20.4 Å². The molecule has 0 spiro atoms. The average molecular weight is 317 g/mol. The molecule has 2 rings (SSSR count). The third kappa shape index (κ3) is 2.24. The third-order valence-corrected chi connectivity index (χ3v) is 3.12. The average Bonchev–Trinajstić information content (AvgIpc) is 2.50. The molecule has 0 aliphatic carbocycles. The second-order valence-electron chi connectivity index (χ2n) is 4.36. The highest BCUT2D eigenvalue weighted by molar-refractivity contribution is 5.94. The molecule has 4 nitrogen and oxygen atoms in total. The number of hydrogen-bond acceptors (Lipinski definition) is 3. The Balaban J connectivity index is 3.01. The fourth-order valence-corrected chi connectivity index (χ4v) is 2.11. The number of ether oxygens (including phenoxy) is 1. The molecule has 8 heteroatoms. The summed E-state index contributed by atoms with van der Waals surface area (Å²) < 4.78 is 60.1. The molecule has 1 aromatic heterocycles. The molecule has 0 bridgehead atoms. The number of rotatable bonds is 3. The second-order valence-corrected chi connectivity index (χ2v) is 4.36. The maximum absolute atomic E-state index is 13.9. The molecule has 0 radical (unpaired) electrons. The van der Waals surface area contributed by atoms with E-state index in [0.717, 1.165) is 10.8 Å². The zero-order valence-electron chi connectivity index (χ0n) is 11.7. The molecular formula is C14H11F4NO3. The van der Waals surface area contributed by atoms with Crippen molar-refractivity contribution in [3.05, 3.63) is 45.3 Å². The third-order valence-electron chi connectivity index (χ3n) is 3.12. The highest BCUT2D eigenvalue weighted by atomic mass is 19.2. The van der Waals surface area contributed by atoms with Gasteiger partial charge in [-0.15, -0.1) is 0 Å². The molecule has 0 atom stereocenters. The largest absolute Gasteiger partial charge is 0.462 e. The summed E-state index contributed by atoms with van der Waals surface area (Å²) in [6.45, 7) is 2.94. The van der Waals surface area contributed by atoms with Gasteiger partial charge in [-0.05, 0) is 13.8 Å². The molecule has 0 amide bonds. The Morgan fingerprint density at radius 1 is 1.09 bits per heavy atom. The van der Waals surface area contributed by atoms with Crippen LogP contribution >= 0.6 is 0 Å². The molecule has 22 heavy (non-hydrogen) atoms. The van der Waals surface area contributed by atoms with Gasteiger partial charge in [0.1, 0.15) is 5.56 Å². The molecule has 0 aliphatic rings. The van der Waals surface area contributed by atoms with E-state index in [9.17, 15) is 27.2 Å². The number of fused-ring (bicyclic) bond motifs is 1. The molecule has 0 fully saturated rings. The van der Waals surface area contributed by atoms with Gasteiger partial charge < -0.3 is 9.30 Å². The summed E-state index contributed by atoms with van der Waals surface area (Å²) in [4.78, 5) is 23.8. The maximum Gasteiger partial charge on any atom is 0.343 e. The van der Waals surface area contributed by atoms with Crippen molar-refractivity contribution in [3.8, 4) is 0 Å². The molecule has 0 saturated heterocycles. The Morgan fingerprint density at radius 2 is 1.68 bits per heavy atom. The first-order valence-electron chi connectivity index (χ1n) is 6.41. The number of aryl methyl sites for hydroxylation is 1. The molecule has 0 saturated carbocycles. The van der Waals surface area contributed by atoms with Gasteiger partial charge in [-0.1, -0.05) is 0 Å². The van der Waals surface area contributed by atoms with Crippen LogP contribution in [0.15, 0.2) is 11.0 Å². The van der Waals surface area contributed by atoms with Crippen LogP contribution in [0.2, 0.25) is 0 Å². The van der Waals surface area contributed by atoms with Crippen molar-refractivity contribution < 1.29 is 27.1 Å². The van der Waals surface area contributed by atoms with E-state index in [-0.39, 0.29) is 13.2 Å². The van der Waals surface area contributed by atoms with Crippen molar-refractivity contribution >= 4 is 16.9 Å². The highest BCUT2D eigenvalue weighted by Gasteiger charge is 2.27. The van der Waals surface area contributed by atoms with Crippen LogP contribution in [0.3, 0.4) is 0 Å². The maximum atomic E-state index is 13.9. The number of pyridine rings is 1. The lowest BCUT2D eigenvalue weighted by Gasteiger charge is -2.13. The minimum absolute atomic E-state index is 0.00931. The molecule has 1 heterocycles. The standard InChI is InChI=1S/C14H11F4NO3/c1-3-19-5-6(14(21)22-4-2)13(20)7-8(15)9(16)10(17)11(18)12(7)19/h5H,3-4H2,1-2H3. The number of carbonyl (C=O) groups is 1. The van der Waals surface area contributed by atoms with Gasteiger partial charge in [0.2, 0.25) is 5.43 Å². The van der Waals surface area contributed by atoms with Gasteiger partial charge in [0.15, 0.2) is 23.3 Å². The van der Waals surface area contributed by atoms with Crippen molar-refractivity contribution in [1.29, 1.82) is 0 Å². The normalized spacial score (nSPS) is 11.0. The van der Waals surface area contributed by atoms with E-state index in [1.165, 1.54) is 13.8 Å². The molecule has 2 aromatic rings. The number of hydrogen-bond donors (Lipinski definition) is 0. The lowest BCUT2D eigenvalue weighted by molar-refractivity contribution is 0.0524. The number of carbonyl (C=O) groups excluding carboxylic acids is 1. The van der Waals surface area contributed by atoms with Crippen LogP contribution in [0.5, 0.6) is 0 Å². The van der Waals surface area contributed by atoms with Crippen LogP contribution in [-0.4, -0.2) is 17.1 Å². The van der Waals surface area contributed by atoms with Gasteiger partial charge in [-0.2, -0.15) is 0 Å². The summed E-state index contributed by atoms with van der Waals surface area (Å²) in [5, 5.41) is -1.02. The Kier molecular flexibility index (Phi) is 4.20. The van der Waals surface area contributed by atoms with E-state index in [1.807, 2.05) is 0 Å². The number of halogens is 4. The molecule has 1 aromatic carbocycles. The number of esters is 1. The molecule has 118 valence electrons. The van der Waals surface area contributed by atoms with Gasteiger partial charge in [0.05, 0.1) is 17.5 Å². The van der Waals surface area contributed by atoms with Gasteiger partial charge in [0.25, 0.3) is 0 Å². The van der Waals surface area contributed by atoms with Gasteiger partial charge in [-0.25, -0.2) is 22.4 Å². The van der Waals surface area contributed by atoms with Gasteiger partial charge >= 0.3 is 5.97 Å². The summed E-state index contributed by atoms with van der Waals surface area (Å²) in [6, 6.07) is 0. The summed E-state index contributed by atoms with van der Waals surface area (Å²) in [7, 11) is 0. The number of nitrogens with zero attached hydrogens (tertiary/aromatic N) is 1. The predicted molar refractivity (Wildman–Crippen MR) is 69.7 cm³/mol. The topological polar surface area (TPSA) is 48.3 Å². The molecule has 0 aliphatic heterocycles. The summed E-state index contributed by atoms with van der Waals surface area (Å²) in [5.74, 6) is -8.71. The summed E-state index contributed by atoms with van der Waals surface area (Å²) >= 11 is 0. The minimum Gasteiger partial charge on any atom is -0.462 e. The van der Waals surface area contributed by atoms with Crippen molar-refractivity contribution in [2.75, 3.05) is 6.61 Å². The quantitative estimate of drug-likeness (QED) is 0.378. The van der Waals surface area contributed by atoms with E-state index in [4.69, 9.17) is 0 Å². The van der Waals surface area contributed by atoms with Crippen molar-refractivity contribution in [1.82, 2.24) is 4.57 Å². The van der Waals surface area contributed by atoms with Crippen LogP contribution in [0.4, 0.5) is 17.6 Å². The van der Waals surface area contributed by atoms with E-state index < -0.39 is 51.1 Å². The first-order valence-corrected chi connectivity index (χ1v) is 6.41. The first-order chi connectivity index (χ1) is 10.3. The monoisotopic (exact) mass is 317 g/mol. The predicted octanol–water partition coefficient (Wildman–Crippen LogP) is 2.75. The lowest BCUT2D eigenvalue weighted by atomic mass is 10.1. The van der Waals surface area contributed by atoms with Gasteiger partial charge in [0, 0.05) is 12.7 Å². The molecule has 0 unspecified atom stereocenters. The molecular weight excluding hydrogens is 306 g/mol. The smallest absolute Gasteiger partial charge is 0.343 e. The summed E-state index contributed by atoms with van der Waals surface area (Å²) in [5.41, 5.74) is -2.58.